The molecule has 0 bridgehead atoms. The van der Waals surface area contributed by atoms with E-state index >= 15 is 0 Å². The van der Waals surface area contributed by atoms with Crippen LogP contribution < -0.4 is 0 Å². The van der Waals surface area contributed by atoms with E-state index in [-0.39, 0.29) is 17.7 Å². The highest BCUT2D eigenvalue weighted by atomic mass is 16.4. The van der Waals surface area contributed by atoms with Crippen LogP contribution in [-0.4, -0.2) is 32.9 Å². The highest BCUT2D eigenvalue weighted by Gasteiger charge is 2.40. The van der Waals surface area contributed by atoms with E-state index in [0.29, 0.717) is 31.8 Å². The highest BCUT2D eigenvalue weighted by molar-refractivity contribution is 5.81. The Kier molecular flexibility index (Phi) is 3.90. The highest BCUT2D eigenvalue weighted by Crippen LogP contribution is 2.36. The molecule has 1 heterocycles. The number of amides is 1. The molecule has 21 heavy (non-hydrogen) atoms. The van der Waals surface area contributed by atoms with Gasteiger partial charge in [0.1, 0.15) is 0 Å². The molecule has 0 radical (unpaired) electrons. The lowest BCUT2D eigenvalue weighted by Crippen LogP contribution is -2.36. The van der Waals surface area contributed by atoms with Crippen molar-refractivity contribution in [2.45, 2.75) is 44.7 Å². The number of pyridine rings is 1. The molecule has 5 heteroatoms. The Hall–Kier alpha value is -1.91. The summed E-state index contributed by atoms with van der Waals surface area (Å²) >= 11 is 0. The SMILES string of the molecule is O=C(O)C1CCC(C(=O)N(Cc2cccnc2)C2CC2)C1. The number of carboxylic acids is 1. The first-order valence-electron chi connectivity index (χ1n) is 7.57. The molecule has 2 saturated carbocycles. The van der Waals surface area contributed by atoms with Crippen molar-refractivity contribution >= 4 is 11.9 Å². The fourth-order valence-electron chi connectivity index (χ4n) is 3.13. The Bertz CT molecular complexity index is 528. The molecule has 0 aromatic carbocycles. The second-order valence-electron chi connectivity index (χ2n) is 6.10. The molecule has 2 fully saturated rings. The van der Waals surface area contributed by atoms with Gasteiger partial charge in [-0.05, 0) is 43.7 Å². The maximum absolute atomic E-state index is 12.7. The number of hydrogen-bond acceptors (Lipinski definition) is 3. The summed E-state index contributed by atoms with van der Waals surface area (Å²) in [4.78, 5) is 29.8. The van der Waals surface area contributed by atoms with Gasteiger partial charge in [-0.2, -0.15) is 0 Å². The van der Waals surface area contributed by atoms with Crippen LogP contribution in [0.3, 0.4) is 0 Å². The average molecular weight is 288 g/mol. The van der Waals surface area contributed by atoms with Crippen LogP contribution >= 0.6 is 0 Å². The van der Waals surface area contributed by atoms with Crippen LogP contribution in [0.1, 0.15) is 37.7 Å². The number of hydrogen-bond donors (Lipinski definition) is 1. The smallest absolute Gasteiger partial charge is 0.306 e. The van der Waals surface area contributed by atoms with E-state index in [1.807, 2.05) is 17.0 Å². The normalized spacial score (nSPS) is 24.8. The van der Waals surface area contributed by atoms with E-state index in [9.17, 15) is 9.59 Å². The predicted molar refractivity (Wildman–Crippen MR) is 76.3 cm³/mol. The van der Waals surface area contributed by atoms with Crippen molar-refractivity contribution in [3.05, 3.63) is 30.1 Å². The number of nitrogens with zero attached hydrogens (tertiary/aromatic N) is 2. The Morgan fingerprint density at radius 3 is 2.57 bits per heavy atom. The van der Waals surface area contributed by atoms with Gasteiger partial charge >= 0.3 is 5.97 Å². The van der Waals surface area contributed by atoms with Gasteiger partial charge in [-0.3, -0.25) is 14.6 Å². The molecular weight excluding hydrogens is 268 g/mol. The molecule has 2 atom stereocenters. The van der Waals surface area contributed by atoms with Crippen LogP contribution in [0.5, 0.6) is 0 Å². The van der Waals surface area contributed by atoms with Gasteiger partial charge in [0.05, 0.1) is 5.92 Å². The van der Waals surface area contributed by atoms with Crippen LogP contribution in [0.2, 0.25) is 0 Å². The molecule has 1 N–H and O–H groups in total. The van der Waals surface area contributed by atoms with Crippen LogP contribution in [0.15, 0.2) is 24.5 Å². The molecule has 2 aliphatic rings. The first-order chi connectivity index (χ1) is 10.1. The van der Waals surface area contributed by atoms with Gasteiger partial charge in [-0.1, -0.05) is 6.07 Å². The van der Waals surface area contributed by atoms with Crippen LogP contribution in [0.25, 0.3) is 0 Å². The number of carbonyl (C=O) groups excluding carboxylic acids is 1. The van der Waals surface area contributed by atoms with E-state index in [4.69, 9.17) is 5.11 Å². The lowest BCUT2D eigenvalue weighted by Gasteiger charge is -2.25. The summed E-state index contributed by atoms with van der Waals surface area (Å²) in [6.45, 7) is 0.589. The molecule has 1 amide bonds. The summed E-state index contributed by atoms with van der Waals surface area (Å²) in [5.74, 6) is -1.11. The molecule has 0 spiro atoms. The van der Waals surface area contributed by atoms with Crippen molar-refractivity contribution in [1.82, 2.24) is 9.88 Å². The van der Waals surface area contributed by atoms with Crippen LogP contribution in [0, 0.1) is 11.8 Å². The summed E-state index contributed by atoms with van der Waals surface area (Å²) < 4.78 is 0. The Labute approximate surface area is 124 Å². The molecule has 112 valence electrons. The van der Waals surface area contributed by atoms with Gasteiger partial charge in [0, 0.05) is 30.9 Å². The topological polar surface area (TPSA) is 70.5 Å². The molecule has 1 aromatic rings. The quantitative estimate of drug-likeness (QED) is 0.900. The maximum atomic E-state index is 12.7. The first-order valence-corrected chi connectivity index (χ1v) is 7.57. The lowest BCUT2D eigenvalue weighted by atomic mass is 10.0. The molecule has 2 aliphatic carbocycles. The van der Waals surface area contributed by atoms with Crippen molar-refractivity contribution in [3.63, 3.8) is 0 Å². The number of carbonyl (C=O) groups is 2. The Morgan fingerprint density at radius 2 is 2.00 bits per heavy atom. The second-order valence-corrected chi connectivity index (χ2v) is 6.10. The van der Waals surface area contributed by atoms with Crippen LogP contribution in [0.4, 0.5) is 0 Å². The van der Waals surface area contributed by atoms with Crippen molar-refractivity contribution in [2.75, 3.05) is 0 Å². The molecular formula is C16H20N2O3. The predicted octanol–water partition coefficient (Wildman–Crippen LogP) is 2.07. The van der Waals surface area contributed by atoms with Gasteiger partial charge < -0.3 is 10.0 Å². The monoisotopic (exact) mass is 288 g/mol. The minimum Gasteiger partial charge on any atom is -0.481 e. The van der Waals surface area contributed by atoms with Crippen molar-refractivity contribution in [1.29, 1.82) is 0 Å². The van der Waals surface area contributed by atoms with Gasteiger partial charge in [0.25, 0.3) is 0 Å². The molecule has 5 nitrogen and oxygen atoms in total. The molecule has 1 aromatic heterocycles. The van der Waals surface area contributed by atoms with Crippen LogP contribution in [-0.2, 0) is 16.1 Å². The Morgan fingerprint density at radius 1 is 1.24 bits per heavy atom. The second kappa shape index (κ2) is 5.84. The van der Waals surface area contributed by atoms with Gasteiger partial charge in [-0.25, -0.2) is 0 Å². The lowest BCUT2D eigenvalue weighted by molar-refractivity contribution is -0.141. The third-order valence-corrected chi connectivity index (χ3v) is 4.48. The third-order valence-electron chi connectivity index (χ3n) is 4.48. The van der Waals surface area contributed by atoms with Crippen molar-refractivity contribution in [2.24, 2.45) is 11.8 Å². The summed E-state index contributed by atoms with van der Waals surface area (Å²) in [7, 11) is 0. The maximum Gasteiger partial charge on any atom is 0.306 e. The summed E-state index contributed by atoms with van der Waals surface area (Å²) in [6.07, 6.45) is 7.44. The standard InChI is InChI=1S/C16H20N2O3/c19-15(12-3-4-13(8-12)16(20)21)18(14-5-6-14)10-11-2-1-7-17-9-11/h1-2,7,9,12-14H,3-6,8,10H2,(H,20,21). The molecule has 2 unspecified atom stereocenters. The molecule has 0 aliphatic heterocycles. The largest absolute Gasteiger partial charge is 0.481 e. The van der Waals surface area contributed by atoms with E-state index in [2.05, 4.69) is 4.98 Å². The fourth-order valence-corrected chi connectivity index (χ4v) is 3.13. The zero-order valence-electron chi connectivity index (χ0n) is 11.9. The third kappa shape index (κ3) is 3.23. The first kappa shape index (κ1) is 14.0. The zero-order chi connectivity index (χ0) is 14.8. The van der Waals surface area contributed by atoms with Gasteiger partial charge in [0.15, 0.2) is 0 Å². The molecule has 0 saturated heterocycles. The number of rotatable bonds is 5. The number of aromatic nitrogens is 1. The van der Waals surface area contributed by atoms with E-state index < -0.39 is 5.97 Å². The minimum atomic E-state index is -0.768. The van der Waals surface area contributed by atoms with E-state index in [1.165, 1.54) is 0 Å². The number of aliphatic carboxylic acids is 1. The minimum absolute atomic E-state index is 0.122. The van der Waals surface area contributed by atoms with Gasteiger partial charge in [0.2, 0.25) is 5.91 Å². The zero-order valence-corrected chi connectivity index (χ0v) is 11.9. The summed E-state index contributed by atoms with van der Waals surface area (Å²) in [6, 6.07) is 4.19. The van der Waals surface area contributed by atoms with E-state index in [0.717, 1.165) is 18.4 Å². The van der Waals surface area contributed by atoms with Gasteiger partial charge in [-0.15, -0.1) is 0 Å². The summed E-state index contributed by atoms with van der Waals surface area (Å²) in [5.41, 5.74) is 1.03. The van der Waals surface area contributed by atoms with E-state index in [1.54, 1.807) is 12.4 Å². The number of carboxylic acid groups (broad SMARTS) is 1. The van der Waals surface area contributed by atoms with Crippen molar-refractivity contribution < 1.29 is 14.7 Å². The molecule has 3 rings (SSSR count). The Balaban J connectivity index is 1.67. The van der Waals surface area contributed by atoms with Crippen molar-refractivity contribution in [3.8, 4) is 0 Å². The average Bonchev–Trinajstić information content (AvgIpc) is 3.20. The summed E-state index contributed by atoms with van der Waals surface area (Å²) in [5, 5.41) is 9.07. The fraction of sp³-hybridized carbons (Fsp3) is 0.562.